The van der Waals surface area contributed by atoms with Gasteiger partial charge in [-0.3, -0.25) is 9.69 Å². The zero-order chi connectivity index (χ0) is 20.8. The van der Waals surface area contributed by atoms with Gasteiger partial charge in [-0.25, -0.2) is 4.79 Å². The maximum absolute atomic E-state index is 12.8. The number of fused-ring (bicyclic) bond motifs is 4. The molecule has 1 atom stereocenters. The van der Waals surface area contributed by atoms with Crippen LogP contribution in [0.25, 0.3) is 21.9 Å². The number of benzene rings is 2. The van der Waals surface area contributed by atoms with Gasteiger partial charge < -0.3 is 14.1 Å². The first-order valence-corrected chi connectivity index (χ1v) is 10.2. The van der Waals surface area contributed by atoms with Crippen molar-refractivity contribution < 1.29 is 13.9 Å². The van der Waals surface area contributed by atoms with E-state index in [1.807, 2.05) is 24.3 Å². The maximum Gasteiger partial charge on any atom is 0.410 e. The number of hydrogen-bond acceptors (Lipinski definition) is 4. The number of carbonyl (C=O) groups excluding carboxylic acids is 1. The number of aromatic nitrogens is 1. The van der Waals surface area contributed by atoms with Crippen LogP contribution in [0.2, 0.25) is 5.02 Å². The first-order chi connectivity index (χ1) is 14.6. The van der Waals surface area contributed by atoms with Gasteiger partial charge in [0.1, 0.15) is 17.4 Å². The van der Waals surface area contributed by atoms with Gasteiger partial charge in [0.05, 0.1) is 17.7 Å². The Morgan fingerprint density at radius 1 is 1.23 bits per heavy atom. The summed E-state index contributed by atoms with van der Waals surface area (Å²) >= 11 is 6.22. The van der Waals surface area contributed by atoms with E-state index in [0.717, 1.165) is 22.2 Å². The molecular formula is C23H19ClN2O4. The van der Waals surface area contributed by atoms with Crippen LogP contribution in [0.15, 0.2) is 57.7 Å². The highest BCUT2D eigenvalue weighted by molar-refractivity contribution is 6.31. The van der Waals surface area contributed by atoms with Crippen molar-refractivity contribution in [2.45, 2.75) is 19.4 Å². The first kappa shape index (κ1) is 18.8. The average Bonchev–Trinajstić information content (AvgIpc) is 3.11. The second kappa shape index (κ2) is 7.22. The number of para-hydroxylation sites is 1. The van der Waals surface area contributed by atoms with Gasteiger partial charge >= 0.3 is 6.09 Å². The van der Waals surface area contributed by atoms with Crippen LogP contribution in [0.3, 0.4) is 0 Å². The molecule has 3 heterocycles. The van der Waals surface area contributed by atoms with E-state index in [9.17, 15) is 9.59 Å². The highest BCUT2D eigenvalue weighted by atomic mass is 35.5. The van der Waals surface area contributed by atoms with Crippen LogP contribution >= 0.6 is 11.6 Å². The Morgan fingerprint density at radius 2 is 2.07 bits per heavy atom. The summed E-state index contributed by atoms with van der Waals surface area (Å²) in [6.45, 7) is 2.47. The second-order valence-electron chi connectivity index (χ2n) is 7.26. The molecular weight excluding hydrogens is 404 g/mol. The van der Waals surface area contributed by atoms with E-state index in [4.69, 9.17) is 20.8 Å². The molecule has 2 aromatic heterocycles. The number of amides is 1. The molecule has 0 fully saturated rings. The van der Waals surface area contributed by atoms with Crippen LogP contribution in [-0.2, 0) is 11.2 Å². The van der Waals surface area contributed by atoms with Crippen molar-refractivity contribution in [3.05, 3.63) is 80.8 Å². The van der Waals surface area contributed by atoms with Crippen molar-refractivity contribution in [1.29, 1.82) is 0 Å². The minimum atomic E-state index is -0.601. The van der Waals surface area contributed by atoms with E-state index in [-0.39, 0.29) is 12.0 Å². The van der Waals surface area contributed by atoms with E-state index in [2.05, 4.69) is 4.98 Å². The van der Waals surface area contributed by atoms with Gasteiger partial charge in [0.15, 0.2) is 5.43 Å². The van der Waals surface area contributed by atoms with Crippen molar-refractivity contribution in [3.63, 3.8) is 0 Å². The van der Waals surface area contributed by atoms with E-state index < -0.39 is 12.1 Å². The van der Waals surface area contributed by atoms with Gasteiger partial charge in [-0.05, 0) is 49.2 Å². The van der Waals surface area contributed by atoms with Gasteiger partial charge in [-0.1, -0.05) is 23.7 Å². The number of ether oxygens (including phenoxy) is 1. The summed E-state index contributed by atoms with van der Waals surface area (Å²) in [5.41, 5.74) is 3.12. The quantitative estimate of drug-likeness (QED) is 0.491. The topological polar surface area (TPSA) is 75.5 Å². The molecule has 4 aromatic rings. The highest BCUT2D eigenvalue weighted by Gasteiger charge is 2.37. The third kappa shape index (κ3) is 2.95. The van der Waals surface area contributed by atoms with Crippen molar-refractivity contribution in [1.82, 2.24) is 9.88 Å². The van der Waals surface area contributed by atoms with Crippen LogP contribution in [0.5, 0.6) is 0 Å². The normalized spacial score (nSPS) is 16.1. The minimum absolute atomic E-state index is 0.151. The second-order valence-corrected chi connectivity index (χ2v) is 7.70. The van der Waals surface area contributed by atoms with Crippen LogP contribution in [0.4, 0.5) is 4.79 Å². The van der Waals surface area contributed by atoms with Crippen LogP contribution < -0.4 is 5.43 Å². The molecule has 1 aliphatic rings. The monoisotopic (exact) mass is 422 g/mol. The van der Waals surface area contributed by atoms with Crippen LogP contribution in [0, 0.1) is 0 Å². The summed E-state index contributed by atoms with van der Waals surface area (Å²) in [6.07, 6.45) is 0.198. The Bertz CT molecular complexity index is 1340. The molecule has 1 aliphatic heterocycles. The zero-order valence-electron chi connectivity index (χ0n) is 16.3. The predicted molar refractivity (Wildman–Crippen MR) is 115 cm³/mol. The molecule has 6 nitrogen and oxygen atoms in total. The predicted octanol–water partition coefficient (Wildman–Crippen LogP) is 5.03. The molecule has 2 aromatic carbocycles. The largest absolute Gasteiger partial charge is 0.458 e. The number of aromatic amines is 1. The number of carbonyl (C=O) groups is 1. The molecule has 152 valence electrons. The molecule has 1 unspecified atom stereocenters. The fraction of sp³-hybridized carbons (Fsp3) is 0.217. The maximum atomic E-state index is 12.8. The van der Waals surface area contributed by atoms with E-state index in [0.29, 0.717) is 34.7 Å². The highest BCUT2D eigenvalue weighted by Crippen LogP contribution is 2.39. The molecule has 0 spiro atoms. The van der Waals surface area contributed by atoms with Gasteiger partial charge in [-0.15, -0.1) is 0 Å². The summed E-state index contributed by atoms with van der Waals surface area (Å²) in [7, 11) is 0. The zero-order valence-corrected chi connectivity index (χ0v) is 17.0. The van der Waals surface area contributed by atoms with Crippen molar-refractivity contribution >= 4 is 39.6 Å². The average molecular weight is 423 g/mol. The van der Waals surface area contributed by atoms with E-state index in [1.165, 1.54) is 6.07 Å². The molecule has 7 heteroatoms. The Hall–Kier alpha value is -3.25. The van der Waals surface area contributed by atoms with E-state index in [1.54, 1.807) is 30.0 Å². The number of H-pyrrole nitrogens is 1. The van der Waals surface area contributed by atoms with Gasteiger partial charge in [0.25, 0.3) is 0 Å². The standard InChI is InChI=1S/C23H19ClN2O4/c1-2-29-23(28)26-10-9-14-16-11-13(24)7-8-17(16)25-21(14)22(26)20-12-18(27)15-5-3-4-6-19(15)30-20/h3-8,11-12,22,25H,2,9-10H2,1H3. The lowest BCUT2D eigenvalue weighted by molar-refractivity contribution is 0.0891. The van der Waals surface area contributed by atoms with Gasteiger partial charge in [0, 0.05) is 28.5 Å². The van der Waals surface area contributed by atoms with Gasteiger partial charge in [0.2, 0.25) is 0 Å². The first-order valence-electron chi connectivity index (χ1n) is 9.83. The molecule has 5 rings (SSSR count). The fourth-order valence-corrected chi connectivity index (χ4v) is 4.39. The number of halogens is 1. The minimum Gasteiger partial charge on any atom is -0.458 e. The molecule has 1 amide bonds. The molecule has 0 radical (unpaired) electrons. The smallest absolute Gasteiger partial charge is 0.410 e. The van der Waals surface area contributed by atoms with Gasteiger partial charge in [-0.2, -0.15) is 0 Å². The summed E-state index contributed by atoms with van der Waals surface area (Å²) in [5, 5.41) is 2.16. The molecule has 1 N–H and O–H groups in total. The number of nitrogens with zero attached hydrogens (tertiary/aromatic N) is 1. The summed E-state index contributed by atoms with van der Waals surface area (Å²) in [5.74, 6) is 0.394. The Labute approximate surface area is 177 Å². The Kier molecular flexibility index (Phi) is 4.51. The van der Waals surface area contributed by atoms with Crippen LogP contribution in [0.1, 0.15) is 30.0 Å². The Balaban J connectivity index is 1.74. The lowest BCUT2D eigenvalue weighted by Gasteiger charge is -2.34. The van der Waals surface area contributed by atoms with Crippen LogP contribution in [-0.4, -0.2) is 29.1 Å². The SMILES string of the molecule is CCOC(=O)N1CCc2c([nH]c3ccc(Cl)cc23)C1c1cc(=O)c2ccccc2o1. The number of nitrogens with one attached hydrogen (secondary N) is 1. The number of hydrogen-bond donors (Lipinski definition) is 1. The molecule has 0 aliphatic carbocycles. The molecule has 0 bridgehead atoms. The summed E-state index contributed by atoms with van der Waals surface area (Å²) in [4.78, 5) is 30.5. The third-order valence-corrected chi connectivity index (χ3v) is 5.75. The summed E-state index contributed by atoms with van der Waals surface area (Å²) in [6, 6.07) is 13.6. The van der Waals surface area contributed by atoms with E-state index >= 15 is 0 Å². The molecule has 30 heavy (non-hydrogen) atoms. The third-order valence-electron chi connectivity index (χ3n) is 5.51. The fourth-order valence-electron chi connectivity index (χ4n) is 4.22. The Morgan fingerprint density at radius 3 is 2.90 bits per heavy atom. The molecule has 0 saturated carbocycles. The lowest BCUT2D eigenvalue weighted by atomic mass is 9.95. The molecule has 0 saturated heterocycles. The van der Waals surface area contributed by atoms with Crippen molar-refractivity contribution in [3.8, 4) is 0 Å². The lowest BCUT2D eigenvalue weighted by Crippen LogP contribution is -2.41. The summed E-state index contributed by atoms with van der Waals surface area (Å²) < 4.78 is 11.4. The van der Waals surface area contributed by atoms with Crippen molar-refractivity contribution in [2.75, 3.05) is 13.2 Å². The number of rotatable bonds is 2. The van der Waals surface area contributed by atoms with Crippen molar-refractivity contribution in [2.24, 2.45) is 0 Å².